The van der Waals surface area contributed by atoms with Crippen molar-refractivity contribution in [2.75, 3.05) is 11.1 Å². The summed E-state index contributed by atoms with van der Waals surface area (Å²) in [5.41, 5.74) is 16.5. The molecule has 1 aliphatic carbocycles. The number of carbonyl (C=O) groups is 1. The van der Waals surface area contributed by atoms with Gasteiger partial charge in [0.05, 0.1) is 22.5 Å². The molecule has 1 saturated carbocycles. The van der Waals surface area contributed by atoms with E-state index in [4.69, 9.17) is 17.2 Å². The Hall–Kier alpha value is -3.34. The van der Waals surface area contributed by atoms with E-state index in [1.54, 1.807) is 0 Å². The van der Waals surface area contributed by atoms with Crippen LogP contribution in [0, 0.1) is 5.82 Å². The zero-order valence-electron chi connectivity index (χ0n) is 16.9. The molecule has 0 bridgehead atoms. The van der Waals surface area contributed by atoms with Crippen LogP contribution in [0.25, 0.3) is 22.2 Å². The smallest absolute Gasteiger partial charge is 0.396 e. The van der Waals surface area contributed by atoms with Gasteiger partial charge in [0.2, 0.25) is 0 Å². The van der Waals surface area contributed by atoms with Gasteiger partial charge in [-0.05, 0) is 25.0 Å². The number of fused-ring (bicyclic) bond motifs is 1. The van der Waals surface area contributed by atoms with E-state index in [0.717, 1.165) is 25.5 Å². The number of nitrogens with two attached hydrogens (primary N) is 3. The lowest BCUT2D eigenvalue weighted by Gasteiger charge is -2.30. The molecule has 1 amide bonds. The van der Waals surface area contributed by atoms with Gasteiger partial charge in [-0.25, -0.2) is 9.37 Å². The maximum atomic E-state index is 15.0. The molecule has 2 aromatic heterocycles. The lowest BCUT2D eigenvalue weighted by molar-refractivity contribution is -0.200. The van der Waals surface area contributed by atoms with E-state index >= 15 is 4.39 Å². The number of rotatable bonds is 4. The van der Waals surface area contributed by atoms with Crippen LogP contribution in [0.1, 0.15) is 43.5 Å². The van der Waals surface area contributed by atoms with Crippen molar-refractivity contribution in [1.29, 1.82) is 0 Å². The summed E-state index contributed by atoms with van der Waals surface area (Å²) in [5, 5.41) is 3.12. The molecule has 1 aliphatic rings. The Morgan fingerprint density at radius 3 is 2.52 bits per heavy atom. The van der Waals surface area contributed by atoms with Gasteiger partial charge in [-0.15, -0.1) is 13.2 Å². The minimum atomic E-state index is -4.65. The van der Waals surface area contributed by atoms with Crippen molar-refractivity contribution in [3.05, 3.63) is 41.8 Å². The van der Waals surface area contributed by atoms with Crippen LogP contribution in [0.4, 0.5) is 29.1 Å². The van der Waals surface area contributed by atoms with E-state index < -0.39 is 29.3 Å². The first-order valence-electron chi connectivity index (χ1n) is 10.1. The van der Waals surface area contributed by atoms with Gasteiger partial charge < -0.3 is 22.5 Å². The number of aromatic nitrogens is 2. The number of alkyl halides is 3. The predicted molar refractivity (Wildman–Crippen MR) is 120 cm³/mol. The maximum Gasteiger partial charge on any atom is 0.488 e. The Labute approximate surface area is 187 Å². The third kappa shape index (κ3) is 4.32. The summed E-state index contributed by atoms with van der Waals surface area (Å²) >= 11 is 0. The van der Waals surface area contributed by atoms with Gasteiger partial charge in [0, 0.05) is 29.2 Å². The van der Waals surface area contributed by atoms with Crippen LogP contribution >= 0.6 is 0 Å². The molecule has 0 spiro atoms. The van der Waals surface area contributed by atoms with E-state index in [1.807, 2.05) is 0 Å². The van der Waals surface area contributed by atoms with Crippen molar-refractivity contribution >= 4 is 28.3 Å². The molecule has 0 aliphatic heterocycles. The van der Waals surface area contributed by atoms with Crippen molar-refractivity contribution in [2.24, 2.45) is 11.5 Å². The highest BCUT2D eigenvalue weighted by Gasteiger charge is 2.33. The second-order valence-electron chi connectivity index (χ2n) is 7.87. The molecule has 2 heterocycles. The Bertz CT molecular complexity index is 1190. The van der Waals surface area contributed by atoms with Crippen molar-refractivity contribution in [3.63, 3.8) is 0 Å². The average Bonchev–Trinajstić information content (AvgIpc) is 3.17. The first-order valence-corrected chi connectivity index (χ1v) is 10.1. The molecule has 4 rings (SSSR count). The number of benzene rings is 1. The summed E-state index contributed by atoms with van der Waals surface area (Å²) in [5.74, 6) is -2.23. The number of carbonyl (C=O) groups excluding carboxylic acids is 1. The Balaban J connectivity index is 0.00000306. The first kappa shape index (κ1) is 24.3. The highest BCUT2D eigenvalue weighted by atomic mass is 19.4. The number of nitrogens with zero attached hydrogens (tertiary/aromatic N) is 2. The minimum Gasteiger partial charge on any atom is -0.396 e. The summed E-state index contributed by atoms with van der Waals surface area (Å²) in [6.07, 6.45) is -0.470. The fourth-order valence-electron chi connectivity index (χ4n) is 4.23. The van der Waals surface area contributed by atoms with Crippen molar-refractivity contribution in [3.8, 4) is 11.3 Å². The lowest BCUT2D eigenvalue weighted by atomic mass is 9.91. The molecule has 3 aromatic rings. The molecule has 1 aromatic carbocycles. The van der Waals surface area contributed by atoms with Crippen molar-refractivity contribution in [1.82, 2.24) is 9.55 Å². The number of nitrogen functional groups attached to an aromatic ring is 1. The Morgan fingerprint density at radius 2 is 1.88 bits per heavy atom. The third-order valence-corrected chi connectivity index (χ3v) is 5.82. The highest BCUT2D eigenvalue weighted by Crippen LogP contribution is 2.38. The molecular weight excluding hydrogens is 440 g/mol. The summed E-state index contributed by atoms with van der Waals surface area (Å²) in [6.45, 7) is 0. The van der Waals surface area contributed by atoms with Crippen LogP contribution in [0.15, 0.2) is 30.5 Å². The second kappa shape index (κ2) is 8.89. The van der Waals surface area contributed by atoms with Gasteiger partial charge in [-0.2, -0.15) is 0 Å². The summed E-state index contributed by atoms with van der Waals surface area (Å²) in [6, 6.07) is 4.90. The van der Waals surface area contributed by atoms with Crippen LogP contribution < -0.4 is 22.5 Å². The summed E-state index contributed by atoms with van der Waals surface area (Å²) < 4.78 is 55.2. The van der Waals surface area contributed by atoms with E-state index in [0.29, 0.717) is 6.42 Å². The zero-order chi connectivity index (χ0) is 23.2. The van der Waals surface area contributed by atoms with Crippen LogP contribution in [-0.2, 0) is 6.30 Å². The highest BCUT2D eigenvalue weighted by molar-refractivity contribution is 6.08. The van der Waals surface area contributed by atoms with Crippen LogP contribution in [0.5, 0.6) is 0 Å². The standard InChI is InChI=1S/C21H22F4N6O.CH4/c22-16-17(27)15(19(28)32)18(30-20(16)29-13-6-2-1-5-12(13)26)11-4-3-7-14-10(11)8-9-31(14)21(23,24)25;/h3-4,7-9,12-13H,1-2,5-6,26H2,(H2,28,32)(H3,27,29,30);1H4. The monoisotopic (exact) mass is 466 g/mol. The topological polar surface area (TPSA) is 125 Å². The molecule has 11 heteroatoms. The number of hydrogen-bond acceptors (Lipinski definition) is 5. The van der Waals surface area contributed by atoms with E-state index in [1.165, 1.54) is 24.3 Å². The van der Waals surface area contributed by atoms with E-state index in [9.17, 15) is 18.0 Å². The quantitative estimate of drug-likeness (QED) is 0.426. The van der Waals surface area contributed by atoms with Gasteiger partial charge in [-0.1, -0.05) is 32.4 Å². The lowest BCUT2D eigenvalue weighted by Crippen LogP contribution is -2.43. The predicted octanol–water partition coefficient (Wildman–Crippen LogP) is 4.32. The van der Waals surface area contributed by atoms with Crippen molar-refractivity contribution < 1.29 is 22.4 Å². The SMILES string of the molecule is C.NC(=O)c1c(-c2cccc3c2ccn3C(F)(F)F)nc(NC2CCCCC2N)c(F)c1N. The van der Waals surface area contributed by atoms with Crippen LogP contribution in [-0.4, -0.2) is 27.5 Å². The summed E-state index contributed by atoms with van der Waals surface area (Å²) in [7, 11) is 0. The largest absolute Gasteiger partial charge is 0.488 e. The molecule has 2 unspecified atom stereocenters. The third-order valence-electron chi connectivity index (χ3n) is 5.82. The fraction of sp³-hybridized carbons (Fsp3) is 0.364. The first-order chi connectivity index (χ1) is 15.1. The Kier molecular flexibility index (Phi) is 6.55. The average molecular weight is 466 g/mol. The Morgan fingerprint density at radius 1 is 1.18 bits per heavy atom. The van der Waals surface area contributed by atoms with Gasteiger partial charge in [0.15, 0.2) is 11.6 Å². The van der Waals surface area contributed by atoms with E-state index in [-0.39, 0.29) is 52.1 Å². The number of amides is 1. The van der Waals surface area contributed by atoms with Crippen LogP contribution in [0.2, 0.25) is 0 Å². The minimum absolute atomic E-state index is 0. The van der Waals surface area contributed by atoms with Gasteiger partial charge in [-0.3, -0.25) is 9.36 Å². The van der Waals surface area contributed by atoms with Crippen LogP contribution in [0.3, 0.4) is 0 Å². The molecule has 1 fully saturated rings. The van der Waals surface area contributed by atoms with Gasteiger partial charge in [0.25, 0.3) is 5.91 Å². The number of pyridine rings is 1. The molecule has 178 valence electrons. The van der Waals surface area contributed by atoms with Crippen molar-refractivity contribution in [2.45, 2.75) is 51.5 Å². The molecule has 0 saturated heterocycles. The molecule has 7 nitrogen and oxygen atoms in total. The number of primary amides is 1. The number of nitrogens with one attached hydrogen (secondary N) is 1. The molecule has 33 heavy (non-hydrogen) atoms. The summed E-state index contributed by atoms with van der Waals surface area (Å²) in [4.78, 5) is 16.4. The zero-order valence-corrected chi connectivity index (χ0v) is 16.9. The van der Waals surface area contributed by atoms with E-state index in [2.05, 4.69) is 10.3 Å². The number of halogens is 4. The normalized spacial score (nSPS) is 18.7. The fourth-order valence-corrected chi connectivity index (χ4v) is 4.23. The molecular formula is C22H26F4N6O. The number of anilines is 2. The van der Waals surface area contributed by atoms with Gasteiger partial charge >= 0.3 is 6.30 Å². The maximum absolute atomic E-state index is 15.0. The van der Waals surface area contributed by atoms with Gasteiger partial charge in [0.1, 0.15) is 0 Å². The molecule has 2 atom stereocenters. The molecule has 0 radical (unpaired) electrons. The second-order valence-corrected chi connectivity index (χ2v) is 7.87. The number of hydrogen-bond donors (Lipinski definition) is 4. The molecule has 7 N–H and O–H groups in total.